The Labute approximate surface area is 287 Å². The summed E-state index contributed by atoms with van der Waals surface area (Å²) in [5, 5.41) is 51.6. The summed E-state index contributed by atoms with van der Waals surface area (Å²) in [4.78, 5) is 25.5. The van der Waals surface area contributed by atoms with E-state index in [2.05, 4.69) is 19.9 Å². The third-order valence-electron chi connectivity index (χ3n) is 9.01. The monoisotopic (exact) mass is 686 g/mol. The van der Waals surface area contributed by atoms with Crippen LogP contribution in [0.25, 0.3) is 0 Å². The van der Waals surface area contributed by atoms with Gasteiger partial charge in [-0.15, -0.1) is 0 Å². The normalized spacial score (nSPS) is 24.6. The van der Waals surface area contributed by atoms with Crippen molar-refractivity contribution in [2.45, 2.75) is 103 Å². The van der Waals surface area contributed by atoms with Gasteiger partial charge in [-0.25, -0.2) is 0 Å². The van der Waals surface area contributed by atoms with Crippen LogP contribution in [-0.4, -0.2) is 88.3 Å². The predicted octanol–water partition coefficient (Wildman–Crippen LogP) is 4.39. The first kappa shape index (κ1) is 38.1. The number of carbonyl (C=O) groups excluding carboxylic acids is 2. The number of phenolic OH excluding ortho intramolecular Hbond substituents is 1. The van der Waals surface area contributed by atoms with Crippen LogP contribution in [0.1, 0.15) is 87.7 Å². The number of esters is 1. The van der Waals surface area contributed by atoms with Gasteiger partial charge in [-0.1, -0.05) is 37.5 Å². The summed E-state index contributed by atoms with van der Waals surface area (Å²) in [6.07, 6.45) is -1.39. The Morgan fingerprint density at radius 1 is 1.04 bits per heavy atom. The molecule has 2 heterocycles. The SMILES string of the molecule is COc1ccc([C@@H]2CC(=O)c3ccc(O[C@@H]4O[C@H](COC(=O)C[C@@H](C)CCC[C@@H](CO)CCC=C(C)C)[C@@H](O)[C@H](O)[C@H]4O)cc3O2)cc1O. The highest BCUT2D eigenvalue weighted by atomic mass is 16.7. The topological polar surface area (TPSA) is 181 Å². The van der Waals surface area contributed by atoms with Gasteiger partial charge in [-0.05, 0) is 74.8 Å². The second kappa shape index (κ2) is 17.8. The standard InChI is InChI=1S/C37H50O12/c1-21(2)7-5-9-23(19-38)10-6-8-22(3)15-33(41)46-20-32-34(42)35(43)36(44)37(49-32)47-25-12-13-26-27(39)18-30(48-31(26)17-25)24-11-14-29(45-4)28(40)16-24/h7,11-14,16-17,22-23,30,32,34-38,40,42-44H,5-6,8-10,15,18-20H2,1-4H3/t22-,23-,30-,32+,34+,35-,36+,37+/m0/s1. The molecule has 12 heteroatoms. The van der Waals surface area contributed by atoms with E-state index in [1.165, 1.54) is 36.9 Å². The third-order valence-corrected chi connectivity index (χ3v) is 9.01. The van der Waals surface area contributed by atoms with E-state index in [0.29, 0.717) is 11.1 Å². The van der Waals surface area contributed by atoms with E-state index in [0.717, 1.165) is 32.1 Å². The molecule has 0 unspecified atom stereocenters. The number of Topliss-reactive ketones (excluding diaryl/α,β-unsaturated/α-hetero) is 1. The average molecular weight is 687 g/mol. The number of phenols is 1. The van der Waals surface area contributed by atoms with Crippen molar-refractivity contribution in [3.63, 3.8) is 0 Å². The van der Waals surface area contributed by atoms with Gasteiger partial charge in [0.25, 0.3) is 0 Å². The minimum atomic E-state index is -1.65. The zero-order valence-corrected chi connectivity index (χ0v) is 28.6. The van der Waals surface area contributed by atoms with Crippen LogP contribution >= 0.6 is 0 Å². The van der Waals surface area contributed by atoms with Crippen molar-refractivity contribution < 1.29 is 58.8 Å². The number of ketones is 1. The Morgan fingerprint density at radius 2 is 1.82 bits per heavy atom. The Balaban J connectivity index is 1.30. The molecular weight excluding hydrogens is 636 g/mol. The van der Waals surface area contributed by atoms with Gasteiger partial charge in [0.15, 0.2) is 17.3 Å². The average Bonchev–Trinajstić information content (AvgIpc) is 3.06. The fraction of sp³-hybridized carbons (Fsp3) is 0.568. The van der Waals surface area contributed by atoms with Gasteiger partial charge >= 0.3 is 5.97 Å². The smallest absolute Gasteiger partial charge is 0.306 e. The van der Waals surface area contributed by atoms with E-state index >= 15 is 0 Å². The summed E-state index contributed by atoms with van der Waals surface area (Å²) >= 11 is 0. The summed E-state index contributed by atoms with van der Waals surface area (Å²) in [6, 6.07) is 9.21. The highest BCUT2D eigenvalue weighted by Crippen LogP contribution is 2.39. The van der Waals surface area contributed by atoms with Gasteiger partial charge in [0.05, 0.1) is 19.1 Å². The number of methoxy groups -OCH3 is 1. The molecule has 2 aromatic rings. The van der Waals surface area contributed by atoms with E-state index in [1.54, 1.807) is 12.1 Å². The fourth-order valence-electron chi connectivity index (χ4n) is 6.07. The van der Waals surface area contributed by atoms with E-state index in [1.807, 2.05) is 6.92 Å². The van der Waals surface area contributed by atoms with Crippen LogP contribution in [0.15, 0.2) is 48.0 Å². The van der Waals surface area contributed by atoms with Crippen LogP contribution in [0.4, 0.5) is 0 Å². The Bertz CT molecular complexity index is 1440. The number of hydrogen-bond acceptors (Lipinski definition) is 12. The number of ether oxygens (including phenoxy) is 5. The molecule has 12 nitrogen and oxygen atoms in total. The van der Waals surface area contributed by atoms with E-state index in [4.69, 9.17) is 23.7 Å². The molecule has 8 atom stereocenters. The molecular formula is C37H50O12. The number of rotatable bonds is 16. The van der Waals surface area contributed by atoms with Gasteiger partial charge in [0, 0.05) is 19.1 Å². The van der Waals surface area contributed by atoms with Crippen molar-refractivity contribution in [2.24, 2.45) is 11.8 Å². The molecule has 0 bridgehead atoms. The van der Waals surface area contributed by atoms with Crippen LogP contribution in [-0.2, 0) is 14.3 Å². The van der Waals surface area contributed by atoms with Crippen molar-refractivity contribution in [1.82, 2.24) is 0 Å². The Hall–Kier alpha value is -3.68. The lowest BCUT2D eigenvalue weighted by Gasteiger charge is -2.40. The molecule has 0 aromatic heterocycles. The van der Waals surface area contributed by atoms with Crippen molar-refractivity contribution in [3.05, 3.63) is 59.2 Å². The molecule has 0 amide bonds. The summed E-state index contributed by atoms with van der Waals surface area (Å²) in [6.45, 7) is 5.83. The van der Waals surface area contributed by atoms with Crippen molar-refractivity contribution in [3.8, 4) is 23.0 Å². The predicted molar refractivity (Wildman–Crippen MR) is 179 cm³/mol. The summed E-state index contributed by atoms with van der Waals surface area (Å²) in [7, 11) is 1.43. The highest BCUT2D eigenvalue weighted by molar-refractivity contribution is 6.00. The maximum absolute atomic E-state index is 12.9. The van der Waals surface area contributed by atoms with Gasteiger partial charge in [0.2, 0.25) is 6.29 Å². The molecule has 0 spiro atoms. The summed E-state index contributed by atoms with van der Waals surface area (Å²) < 4.78 is 28.1. The van der Waals surface area contributed by atoms with Crippen LogP contribution in [0, 0.1) is 11.8 Å². The number of carbonyl (C=O) groups is 2. The number of allylic oxidation sites excluding steroid dienone is 2. The van der Waals surface area contributed by atoms with Crippen molar-refractivity contribution >= 4 is 11.8 Å². The molecule has 2 aromatic carbocycles. The summed E-state index contributed by atoms with van der Waals surface area (Å²) in [5.41, 5.74) is 2.16. The molecule has 0 radical (unpaired) electrons. The first-order valence-corrected chi connectivity index (χ1v) is 16.9. The van der Waals surface area contributed by atoms with Crippen molar-refractivity contribution in [1.29, 1.82) is 0 Å². The van der Waals surface area contributed by atoms with Gasteiger partial charge in [-0.2, -0.15) is 0 Å². The molecule has 270 valence electrons. The molecule has 1 fully saturated rings. The number of benzene rings is 2. The maximum Gasteiger partial charge on any atom is 0.306 e. The lowest BCUT2D eigenvalue weighted by Crippen LogP contribution is -2.60. The van der Waals surface area contributed by atoms with E-state index in [9.17, 15) is 35.1 Å². The maximum atomic E-state index is 12.9. The van der Waals surface area contributed by atoms with Gasteiger partial charge < -0.3 is 49.2 Å². The summed E-state index contributed by atoms with van der Waals surface area (Å²) in [5.74, 6) is 0.163. The molecule has 4 rings (SSSR count). The number of fused-ring (bicyclic) bond motifs is 1. The van der Waals surface area contributed by atoms with Crippen molar-refractivity contribution in [2.75, 3.05) is 20.3 Å². The lowest BCUT2D eigenvalue weighted by molar-refractivity contribution is -0.278. The second-order valence-corrected chi connectivity index (χ2v) is 13.3. The van der Waals surface area contributed by atoms with Crippen LogP contribution in [0.5, 0.6) is 23.0 Å². The van der Waals surface area contributed by atoms with Crippen LogP contribution in [0.3, 0.4) is 0 Å². The van der Waals surface area contributed by atoms with E-state index in [-0.39, 0.29) is 66.7 Å². The van der Waals surface area contributed by atoms with Crippen LogP contribution in [0.2, 0.25) is 0 Å². The van der Waals surface area contributed by atoms with Gasteiger partial charge in [-0.3, -0.25) is 9.59 Å². The number of aliphatic hydroxyl groups is 4. The molecule has 1 saturated heterocycles. The Kier molecular flexibility index (Phi) is 13.9. The van der Waals surface area contributed by atoms with Crippen LogP contribution < -0.4 is 14.2 Å². The molecule has 0 aliphatic carbocycles. The quantitative estimate of drug-likeness (QED) is 0.124. The molecule has 2 aliphatic rings. The first-order chi connectivity index (χ1) is 23.4. The number of aliphatic hydroxyl groups excluding tert-OH is 4. The Morgan fingerprint density at radius 3 is 2.51 bits per heavy atom. The highest BCUT2D eigenvalue weighted by Gasteiger charge is 2.45. The van der Waals surface area contributed by atoms with E-state index < -0.39 is 42.8 Å². The molecule has 5 N–H and O–H groups in total. The molecule has 2 aliphatic heterocycles. The third kappa shape index (κ3) is 10.4. The second-order valence-electron chi connectivity index (χ2n) is 13.3. The zero-order valence-electron chi connectivity index (χ0n) is 28.6. The number of aromatic hydroxyl groups is 1. The lowest BCUT2D eigenvalue weighted by atomic mass is 9.93. The molecule has 49 heavy (non-hydrogen) atoms. The first-order valence-electron chi connectivity index (χ1n) is 16.9. The zero-order chi connectivity index (χ0) is 35.7. The minimum absolute atomic E-state index is 0.0402. The largest absolute Gasteiger partial charge is 0.504 e. The fourth-order valence-corrected chi connectivity index (χ4v) is 6.07. The molecule has 0 saturated carbocycles. The number of hydrogen-bond donors (Lipinski definition) is 5. The minimum Gasteiger partial charge on any atom is -0.504 e. The van der Waals surface area contributed by atoms with Gasteiger partial charge in [0.1, 0.15) is 48.6 Å².